The number of carbonyl (C=O) groups is 2. The van der Waals surface area contributed by atoms with Gasteiger partial charge in [-0.15, -0.1) is 0 Å². The van der Waals surface area contributed by atoms with Crippen molar-refractivity contribution in [3.8, 4) is 0 Å². The molecule has 2 aromatic carbocycles. The van der Waals surface area contributed by atoms with Crippen molar-refractivity contribution in [2.45, 2.75) is 25.8 Å². The maximum atomic E-state index is 12.9. The molecule has 0 spiro atoms. The highest BCUT2D eigenvalue weighted by molar-refractivity contribution is 5.92. The smallest absolute Gasteiger partial charge is 0.238 e. The number of likely N-dealkylation sites (N-methyl/N-ethyl adjacent to an activating group) is 1. The molecule has 0 saturated carbocycles. The summed E-state index contributed by atoms with van der Waals surface area (Å²) < 4.78 is 12.9. The number of hydrogen-bond acceptors (Lipinski definition) is 3. The molecule has 0 fully saturated rings. The lowest BCUT2D eigenvalue weighted by Gasteiger charge is -2.19. The van der Waals surface area contributed by atoms with E-state index >= 15 is 0 Å². The van der Waals surface area contributed by atoms with Gasteiger partial charge in [0.2, 0.25) is 11.8 Å². The van der Waals surface area contributed by atoms with Crippen LogP contribution in [-0.2, 0) is 16.0 Å². The van der Waals surface area contributed by atoms with Crippen molar-refractivity contribution in [1.29, 1.82) is 0 Å². The second-order valence-corrected chi connectivity index (χ2v) is 6.72. The molecular weight excluding hydrogens is 345 g/mol. The number of benzene rings is 2. The number of amides is 2. The minimum absolute atomic E-state index is 0.0548. The van der Waals surface area contributed by atoms with Gasteiger partial charge in [0.15, 0.2) is 0 Å². The molecule has 1 atom stereocenters. The van der Waals surface area contributed by atoms with E-state index in [9.17, 15) is 14.0 Å². The van der Waals surface area contributed by atoms with Crippen LogP contribution in [0.1, 0.15) is 18.9 Å². The summed E-state index contributed by atoms with van der Waals surface area (Å²) in [5.41, 5.74) is 1.77. The fourth-order valence-electron chi connectivity index (χ4n) is 2.70. The summed E-state index contributed by atoms with van der Waals surface area (Å²) in [6.07, 6.45) is 1.75. The standard InChI is InChI=1S/C21H26FN3O2/c1-16(8-9-17-6-4-3-5-7-17)23-20(26)14-25(2)15-21(27)24-19-12-10-18(22)11-13-19/h3-7,10-13,16H,8-9,14-15H2,1-2H3,(H,23,26)(H,24,27)/t16-/m1/s1. The molecule has 144 valence electrons. The normalized spacial score (nSPS) is 11.9. The SMILES string of the molecule is C[C@H](CCc1ccccc1)NC(=O)CN(C)CC(=O)Nc1ccc(F)cc1. The van der Waals surface area contributed by atoms with Gasteiger partial charge < -0.3 is 10.6 Å². The zero-order valence-electron chi connectivity index (χ0n) is 15.7. The van der Waals surface area contributed by atoms with Crippen LogP contribution in [-0.4, -0.2) is 42.9 Å². The average molecular weight is 371 g/mol. The first-order valence-electron chi connectivity index (χ1n) is 8.99. The molecule has 0 radical (unpaired) electrons. The lowest BCUT2D eigenvalue weighted by atomic mass is 10.1. The predicted molar refractivity (Wildman–Crippen MR) is 105 cm³/mol. The van der Waals surface area contributed by atoms with Gasteiger partial charge in [0, 0.05) is 11.7 Å². The Kier molecular flexibility index (Phi) is 7.95. The van der Waals surface area contributed by atoms with Gasteiger partial charge in [0.05, 0.1) is 13.1 Å². The zero-order chi connectivity index (χ0) is 19.6. The van der Waals surface area contributed by atoms with Gasteiger partial charge in [-0.1, -0.05) is 30.3 Å². The summed E-state index contributed by atoms with van der Waals surface area (Å²) in [6, 6.07) is 15.7. The number of aryl methyl sites for hydroxylation is 1. The van der Waals surface area contributed by atoms with Gasteiger partial charge in [-0.2, -0.15) is 0 Å². The molecule has 0 aliphatic heterocycles. The fraction of sp³-hybridized carbons (Fsp3) is 0.333. The lowest BCUT2D eigenvalue weighted by molar-refractivity contribution is -0.123. The molecule has 6 heteroatoms. The molecule has 0 aliphatic carbocycles. The van der Waals surface area contributed by atoms with Crippen molar-refractivity contribution in [3.05, 3.63) is 66.0 Å². The molecule has 0 saturated heterocycles. The number of nitrogens with zero attached hydrogens (tertiary/aromatic N) is 1. The van der Waals surface area contributed by atoms with Gasteiger partial charge >= 0.3 is 0 Å². The molecule has 0 unspecified atom stereocenters. The highest BCUT2D eigenvalue weighted by Gasteiger charge is 2.13. The molecular formula is C21H26FN3O2. The Morgan fingerprint density at radius 2 is 1.63 bits per heavy atom. The van der Waals surface area contributed by atoms with E-state index in [0.29, 0.717) is 5.69 Å². The highest BCUT2D eigenvalue weighted by Crippen LogP contribution is 2.08. The molecule has 2 amide bonds. The third-order valence-electron chi connectivity index (χ3n) is 4.07. The molecule has 0 bridgehead atoms. The van der Waals surface area contributed by atoms with Crippen molar-refractivity contribution in [2.24, 2.45) is 0 Å². The quantitative estimate of drug-likeness (QED) is 0.713. The Balaban J connectivity index is 1.67. The minimum atomic E-state index is -0.358. The lowest BCUT2D eigenvalue weighted by Crippen LogP contribution is -2.42. The van der Waals surface area contributed by atoms with Crippen molar-refractivity contribution in [3.63, 3.8) is 0 Å². The molecule has 5 nitrogen and oxygen atoms in total. The van der Waals surface area contributed by atoms with Crippen LogP contribution in [0.15, 0.2) is 54.6 Å². The van der Waals surface area contributed by atoms with Crippen molar-refractivity contribution < 1.29 is 14.0 Å². The van der Waals surface area contributed by atoms with E-state index in [1.807, 2.05) is 25.1 Å². The number of hydrogen-bond donors (Lipinski definition) is 2. The third-order valence-corrected chi connectivity index (χ3v) is 4.07. The summed E-state index contributed by atoms with van der Waals surface area (Å²) in [7, 11) is 1.71. The van der Waals surface area contributed by atoms with Gasteiger partial charge in [-0.05, 0) is 56.6 Å². The van der Waals surface area contributed by atoms with Crippen LogP contribution in [0.5, 0.6) is 0 Å². The maximum absolute atomic E-state index is 12.9. The Bertz CT molecular complexity index is 735. The molecule has 0 heterocycles. The van der Waals surface area contributed by atoms with Crippen LogP contribution in [0.3, 0.4) is 0 Å². The highest BCUT2D eigenvalue weighted by atomic mass is 19.1. The minimum Gasteiger partial charge on any atom is -0.353 e. The molecule has 0 aliphatic rings. The summed E-state index contributed by atoms with van der Waals surface area (Å²) in [5.74, 6) is -0.732. The molecule has 0 aromatic heterocycles. The number of carbonyl (C=O) groups excluding carboxylic acids is 2. The molecule has 27 heavy (non-hydrogen) atoms. The van der Waals surface area contributed by atoms with E-state index in [2.05, 4.69) is 22.8 Å². The Morgan fingerprint density at radius 1 is 1.00 bits per heavy atom. The third kappa shape index (κ3) is 8.00. The fourth-order valence-corrected chi connectivity index (χ4v) is 2.70. The van der Waals surface area contributed by atoms with Crippen molar-refractivity contribution in [1.82, 2.24) is 10.2 Å². The zero-order valence-corrected chi connectivity index (χ0v) is 15.7. The van der Waals surface area contributed by atoms with E-state index in [1.54, 1.807) is 11.9 Å². The first kappa shape index (κ1) is 20.6. The van der Waals surface area contributed by atoms with Crippen LogP contribution in [0.4, 0.5) is 10.1 Å². The summed E-state index contributed by atoms with van der Waals surface area (Å²) in [6.45, 7) is 2.18. The number of rotatable bonds is 9. The monoisotopic (exact) mass is 371 g/mol. The number of halogens is 1. The van der Waals surface area contributed by atoms with E-state index in [0.717, 1.165) is 12.8 Å². The van der Waals surface area contributed by atoms with Gasteiger partial charge in [-0.25, -0.2) is 4.39 Å². The van der Waals surface area contributed by atoms with E-state index in [1.165, 1.54) is 29.8 Å². The van der Waals surface area contributed by atoms with Crippen molar-refractivity contribution >= 4 is 17.5 Å². The van der Waals surface area contributed by atoms with E-state index in [-0.39, 0.29) is 36.8 Å². The molecule has 2 aromatic rings. The summed E-state index contributed by atoms with van der Waals surface area (Å²) >= 11 is 0. The first-order chi connectivity index (χ1) is 12.9. The number of nitrogens with one attached hydrogen (secondary N) is 2. The maximum Gasteiger partial charge on any atom is 0.238 e. The van der Waals surface area contributed by atoms with Gasteiger partial charge in [0.25, 0.3) is 0 Å². The average Bonchev–Trinajstić information content (AvgIpc) is 2.62. The summed E-state index contributed by atoms with van der Waals surface area (Å²) in [5, 5.41) is 5.63. The Hall–Kier alpha value is -2.73. The topological polar surface area (TPSA) is 61.4 Å². The molecule has 2 rings (SSSR count). The van der Waals surface area contributed by atoms with Crippen LogP contribution in [0, 0.1) is 5.82 Å². The first-order valence-corrected chi connectivity index (χ1v) is 8.99. The van der Waals surface area contributed by atoms with Crippen LogP contribution in [0.2, 0.25) is 0 Å². The molecule has 2 N–H and O–H groups in total. The van der Waals surface area contributed by atoms with Crippen LogP contribution < -0.4 is 10.6 Å². The van der Waals surface area contributed by atoms with Gasteiger partial charge in [0.1, 0.15) is 5.82 Å². The van der Waals surface area contributed by atoms with Crippen LogP contribution >= 0.6 is 0 Å². The Morgan fingerprint density at radius 3 is 2.30 bits per heavy atom. The van der Waals surface area contributed by atoms with Gasteiger partial charge in [-0.3, -0.25) is 14.5 Å². The van der Waals surface area contributed by atoms with Crippen LogP contribution in [0.25, 0.3) is 0 Å². The summed E-state index contributed by atoms with van der Waals surface area (Å²) in [4.78, 5) is 25.8. The van der Waals surface area contributed by atoms with Crippen molar-refractivity contribution in [2.75, 3.05) is 25.5 Å². The second-order valence-electron chi connectivity index (χ2n) is 6.72. The Labute approximate surface area is 159 Å². The number of anilines is 1. The second kappa shape index (κ2) is 10.4. The van der Waals surface area contributed by atoms with E-state index < -0.39 is 0 Å². The largest absolute Gasteiger partial charge is 0.353 e. The van der Waals surface area contributed by atoms with E-state index in [4.69, 9.17) is 0 Å². The predicted octanol–water partition coefficient (Wildman–Crippen LogP) is 2.83.